The number of aromatic nitrogens is 2. The molecule has 2 aromatic rings. The first-order chi connectivity index (χ1) is 10.7. The van der Waals surface area contributed by atoms with Crippen molar-refractivity contribution in [3.63, 3.8) is 0 Å². The van der Waals surface area contributed by atoms with Gasteiger partial charge in [-0.15, -0.1) is 0 Å². The van der Waals surface area contributed by atoms with E-state index in [2.05, 4.69) is 31.2 Å². The van der Waals surface area contributed by atoms with Crippen molar-refractivity contribution in [2.24, 2.45) is 0 Å². The Labute approximate surface area is 130 Å². The van der Waals surface area contributed by atoms with Crippen molar-refractivity contribution >= 4 is 6.08 Å². The summed E-state index contributed by atoms with van der Waals surface area (Å²) < 4.78 is 1.96. The molecule has 0 spiro atoms. The SMILES string of the molecule is Cc1ccc(CCc2nc3c(c(=O)n2C2CC2)C=CC3)cc1. The normalized spacial score (nSPS) is 16.0. The minimum absolute atomic E-state index is 0.167. The zero-order valence-electron chi connectivity index (χ0n) is 12.9. The number of benzene rings is 1. The number of hydrogen-bond acceptors (Lipinski definition) is 2. The first kappa shape index (κ1) is 13.5. The van der Waals surface area contributed by atoms with E-state index in [4.69, 9.17) is 4.98 Å². The molecule has 0 saturated heterocycles. The van der Waals surface area contributed by atoms with Gasteiger partial charge in [-0.1, -0.05) is 42.0 Å². The van der Waals surface area contributed by atoms with E-state index in [1.165, 1.54) is 11.1 Å². The van der Waals surface area contributed by atoms with Crippen molar-refractivity contribution in [2.45, 2.75) is 45.1 Å². The molecule has 22 heavy (non-hydrogen) atoms. The Morgan fingerprint density at radius 3 is 2.68 bits per heavy atom. The molecule has 1 aromatic heterocycles. The Balaban J connectivity index is 1.65. The van der Waals surface area contributed by atoms with Crippen molar-refractivity contribution in [3.05, 3.63) is 68.9 Å². The maximum atomic E-state index is 12.7. The minimum Gasteiger partial charge on any atom is -0.293 e. The average Bonchev–Trinajstić information content (AvgIpc) is 3.23. The zero-order valence-corrected chi connectivity index (χ0v) is 12.9. The van der Waals surface area contributed by atoms with Crippen molar-refractivity contribution in [1.82, 2.24) is 9.55 Å². The molecule has 0 N–H and O–H groups in total. The van der Waals surface area contributed by atoms with Crippen LogP contribution < -0.4 is 5.56 Å². The molecule has 0 bridgehead atoms. The molecule has 0 amide bonds. The average molecular weight is 292 g/mol. The standard InChI is InChI=1S/C19H20N2O/c1-13-5-7-14(8-6-13)9-12-18-20-17-4-2-3-16(17)19(22)21(18)15-10-11-15/h2-3,5-8,15H,4,9-12H2,1H3. The fourth-order valence-electron chi connectivity index (χ4n) is 3.15. The molecule has 3 heteroatoms. The summed E-state index contributed by atoms with van der Waals surface area (Å²) in [7, 11) is 0. The zero-order chi connectivity index (χ0) is 15.1. The summed E-state index contributed by atoms with van der Waals surface area (Å²) >= 11 is 0. The van der Waals surface area contributed by atoms with Gasteiger partial charge in [-0.2, -0.15) is 0 Å². The van der Waals surface area contributed by atoms with Gasteiger partial charge in [-0.25, -0.2) is 4.98 Å². The molecule has 3 nitrogen and oxygen atoms in total. The van der Waals surface area contributed by atoms with Crippen LogP contribution in [0.1, 0.15) is 47.1 Å². The molecule has 0 aliphatic heterocycles. The number of aryl methyl sites for hydroxylation is 3. The summed E-state index contributed by atoms with van der Waals surface area (Å²) in [5.74, 6) is 0.968. The number of hydrogen-bond donors (Lipinski definition) is 0. The summed E-state index contributed by atoms with van der Waals surface area (Å²) in [5.41, 5.74) is 4.52. The fourth-order valence-corrected chi connectivity index (χ4v) is 3.15. The lowest BCUT2D eigenvalue weighted by molar-refractivity contribution is 0.618. The first-order valence-electron chi connectivity index (χ1n) is 8.09. The second kappa shape index (κ2) is 5.24. The highest BCUT2D eigenvalue weighted by Gasteiger charge is 2.29. The maximum absolute atomic E-state index is 12.7. The molecule has 1 fully saturated rings. The third kappa shape index (κ3) is 2.41. The Kier molecular flexibility index (Phi) is 3.21. The van der Waals surface area contributed by atoms with Crippen LogP contribution in [0.4, 0.5) is 0 Å². The van der Waals surface area contributed by atoms with Crippen LogP contribution in [0.15, 0.2) is 35.1 Å². The Morgan fingerprint density at radius 1 is 1.18 bits per heavy atom. The van der Waals surface area contributed by atoms with Gasteiger partial charge < -0.3 is 0 Å². The van der Waals surface area contributed by atoms with Gasteiger partial charge in [0.1, 0.15) is 5.82 Å². The maximum Gasteiger partial charge on any atom is 0.261 e. The molecule has 112 valence electrons. The second-order valence-electron chi connectivity index (χ2n) is 6.39. The van der Waals surface area contributed by atoms with E-state index in [9.17, 15) is 4.79 Å². The van der Waals surface area contributed by atoms with Gasteiger partial charge in [-0.05, 0) is 31.7 Å². The van der Waals surface area contributed by atoms with Crippen molar-refractivity contribution in [2.75, 3.05) is 0 Å². The highest BCUT2D eigenvalue weighted by atomic mass is 16.1. The van der Waals surface area contributed by atoms with Crippen molar-refractivity contribution in [3.8, 4) is 0 Å². The lowest BCUT2D eigenvalue weighted by atomic mass is 10.1. The summed E-state index contributed by atoms with van der Waals surface area (Å²) in [6.45, 7) is 2.10. The van der Waals surface area contributed by atoms with Crippen LogP contribution in [0.2, 0.25) is 0 Å². The summed E-state index contributed by atoms with van der Waals surface area (Å²) in [6, 6.07) is 9.01. The van der Waals surface area contributed by atoms with Gasteiger partial charge in [0.2, 0.25) is 0 Å². The summed E-state index contributed by atoms with van der Waals surface area (Å²) in [5, 5.41) is 0. The van der Waals surface area contributed by atoms with E-state index >= 15 is 0 Å². The number of allylic oxidation sites excluding steroid dienone is 1. The lowest BCUT2D eigenvalue weighted by Gasteiger charge is -2.13. The molecule has 0 unspecified atom stereocenters. The van der Waals surface area contributed by atoms with Gasteiger partial charge in [0.15, 0.2) is 0 Å². The molecule has 4 rings (SSSR count). The Hall–Kier alpha value is -2.16. The van der Waals surface area contributed by atoms with Gasteiger partial charge in [-0.3, -0.25) is 9.36 Å². The Bertz CT molecular complexity index is 795. The quantitative estimate of drug-likeness (QED) is 0.867. The number of rotatable bonds is 4. The van der Waals surface area contributed by atoms with Gasteiger partial charge in [0, 0.05) is 18.9 Å². The highest BCUT2D eigenvalue weighted by molar-refractivity contribution is 5.56. The van der Waals surface area contributed by atoms with Crippen LogP contribution in [0, 0.1) is 6.92 Å². The molecular weight excluding hydrogens is 272 g/mol. The molecule has 2 aliphatic carbocycles. The molecule has 1 heterocycles. The predicted octanol–water partition coefficient (Wildman–Crippen LogP) is 3.24. The second-order valence-corrected chi connectivity index (χ2v) is 6.39. The van der Waals surface area contributed by atoms with Gasteiger partial charge in [0.05, 0.1) is 11.3 Å². The summed E-state index contributed by atoms with van der Waals surface area (Å²) in [6.07, 6.45) is 8.78. The summed E-state index contributed by atoms with van der Waals surface area (Å²) in [4.78, 5) is 17.5. The number of nitrogens with zero attached hydrogens (tertiary/aromatic N) is 2. The molecule has 2 aliphatic rings. The van der Waals surface area contributed by atoms with Crippen LogP contribution in [-0.4, -0.2) is 9.55 Å². The van der Waals surface area contributed by atoms with E-state index in [1.54, 1.807) is 0 Å². The molecule has 0 atom stereocenters. The number of fused-ring (bicyclic) bond motifs is 1. The molecule has 1 saturated carbocycles. The van der Waals surface area contributed by atoms with E-state index in [-0.39, 0.29) is 5.56 Å². The van der Waals surface area contributed by atoms with Crippen molar-refractivity contribution in [1.29, 1.82) is 0 Å². The molecule has 0 radical (unpaired) electrons. The highest BCUT2D eigenvalue weighted by Crippen LogP contribution is 2.35. The van der Waals surface area contributed by atoms with E-state index in [0.717, 1.165) is 49.2 Å². The third-order valence-electron chi connectivity index (χ3n) is 4.57. The molecular formula is C19H20N2O. The predicted molar refractivity (Wildman–Crippen MR) is 88.1 cm³/mol. The van der Waals surface area contributed by atoms with Crippen LogP contribution in [0.5, 0.6) is 0 Å². The van der Waals surface area contributed by atoms with Gasteiger partial charge in [0.25, 0.3) is 5.56 Å². The third-order valence-corrected chi connectivity index (χ3v) is 4.57. The van der Waals surface area contributed by atoms with E-state index < -0.39 is 0 Å². The topological polar surface area (TPSA) is 34.9 Å². The van der Waals surface area contributed by atoms with Crippen molar-refractivity contribution < 1.29 is 0 Å². The monoisotopic (exact) mass is 292 g/mol. The first-order valence-corrected chi connectivity index (χ1v) is 8.09. The Morgan fingerprint density at radius 2 is 1.95 bits per heavy atom. The lowest BCUT2D eigenvalue weighted by Crippen LogP contribution is -2.27. The fraction of sp³-hybridized carbons (Fsp3) is 0.368. The van der Waals surface area contributed by atoms with E-state index in [1.807, 2.05) is 16.7 Å². The van der Waals surface area contributed by atoms with Crippen LogP contribution in [0.3, 0.4) is 0 Å². The van der Waals surface area contributed by atoms with Crippen LogP contribution >= 0.6 is 0 Å². The molecule has 1 aromatic carbocycles. The minimum atomic E-state index is 0.167. The van der Waals surface area contributed by atoms with Crippen LogP contribution in [-0.2, 0) is 19.3 Å². The van der Waals surface area contributed by atoms with Crippen LogP contribution in [0.25, 0.3) is 6.08 Å². The smallest absolute Gasteiger partial charge is 0.261 e. The van der Waals surface area contributed by atoms with Gasteiger partial charge >= 0.3 is 0 Å². The largest absolute Gasteiger partial charge is 0.293 e. The van der Waals surface area contributed by atoms with E-state index in [0.29, 0.717) is 6.04 Å².